The molecule has 1 spiro atoms. The third-order valence-electron chi connectivity index (χ3n) is 8.57. The van der Waals surface area contributed by atoms with Gasteiger partial charge in [0.05, 0.1) is 12.2 Å². The summed E-state index contributed by atoms with van der Waals surface area (Å²) in [5.74, 6) is -0.822. The van der Waals surface area contributed by atoms with Gasteiger partial charge in [-0.3, -0.25) is 14.4 Å². The fourth-order valence-corrected chi connectivity index (χ4v) is 6.90. The maximum Gasteiger partial charge on any atom is 0.344 e. The molecule has 3 saturated heterocycles. The minimum atomic E-state index is -3.46. The van der Waals surface area contributed by atoms with E-state index in [1.165, 1.54) is 33.8 Å². The van der Waals surface area contributed by atoms with Crippen LogP contribution in [-0.2, 0) is 21.4 Å². The van der Waals surface area contributed by atoms with Gasteiger partial charge in [-0.25, -0.2) is 13.2 Å². The largest absolute Gasteiger partial charge is 0.481 e. The summed E-state index contributed by atoms with van der Waals surface area (Å²) in [7, 11) is -3.46. The van der Waals surface area contributed by atoms with E-state index < -0.39 is 16.0 Å². The summed E-state index contributed by atoms with van der Waals surface area (Å²) in [6.45, 7) is 6.70. The van der Waals surface area contributed by atoms with Crippen molar-refractivity contribution in [2.75, 3.05) is 48.6 Å². The van der Waals surface area contributed by atoms with Crippen LogP contribution in [0.25, 0.3) is 0 Å². The standard InChI is InChI=1S/C27H38N6O5S/c1-20-4-5-22(23(18-20)30-13-6-21(7-14-30)25(34)35)19-32-12-3-9-27(32)10-16-31(17-11-27)26(36)33-15-8-24(28-33)29-39(2,37)38/h4-5,8,15,18,21H,3,6-7,9-14,16-17,19H2,1-2H3,(H,28,29)(H,34,35). The molecule has 3 aliphatic rings. The molecule has 0 saturated carbocycles. The lowest BCUT2D eigenvalue weighted by Crippen LogP contribution is -2.53. The monoisotopic (exact) mass is 558 g/mol. The predicted octanol–water partition coefficient (Wildman–Crippen LogP) is 2.96. The molecule has 11 nitrogen and oxygen atoms in total. The molecule has 39 heavy (non-hydrogen) atoms. The molecule has 0 aliphatic carbocycles. The number of hydrogen-bond donors (Lipinski definition) is 2. The first-order chi connectivity index (χ1) is 18.5. The SMILES string of the molecule is Cc1ccc(CN2CCCC23CCN(C(=O)n2ccc(NS(C)(=O)=O)n2)CC3)c(N2CCC(C(=O)O)CC2)c1. The van der Waals surface area contributed by atoms with Crippen LogP contribution >= 0.6 is 0 Å². The van der Waals surface area contributed by atoms with E-state index in [0.29, 0.717) is 25.9 Å². The first-order valence-corrected chi connectivity index (χ1v) is 15.6. The number of sulfonamides is 1. The Kier molecular flexibility index (Phi) is 7.60. The van der Waals surface area contributed by atoms with Gasteiger partial charge in [0.1, 0.15) is 0 Å². The van der Waals surface area contributed by atoms with E-state index in [4.69, 9.17) is 0 Å². The Morgan fingerprint density at radius 2 is 1.79 bits per heavy atom. The van der Waals surface area contributed by atoms with Gasteiger partial charge in [0.2, 0.25) is 10.0 Å². The number of carbonyl (C=O) groups excluding carboxylic acids is 1. The number of benzene rings is 1. The third kappa shape index (κ3) is 6.06. The van der Waals surface area contributed by atoms with Gasteiger partial charge in [0, 0.05) is 56.2 Å². The summed E-state index contributed by atoms with van der Waals surface area (Å²) in [6, 6.07) is 7.84. The molecule has 1 aromatic heterocycles. The number of aryl methyl sites for hydroxylation is 1. The van der Waals surface area contributed by atoms with E-state index in [1.807, 2.05) is 0 Å². The zero-order valence-corrected chi connectivity index (χ0v) is 23.5. The van der Waals surface area contributed by atoms with Crippen LogP contribution in [-0.4, -0.2) is 89.6 Å². The molecule has 1 amide bonds. The Balaban J connectivity index is 1.25. The fourth-order valence-electron chi connectivity index (χ4n) is 6.42. The smallest absolute Gasteiger partial charge is 0.344 e. The van der Waals surface area contributed by atoms with Crippen molar-refractivity contribution in [2.24, 2.45) is 5.92 Å². The van der Waals surface area contributed by atoms with Crippen LogP contribution in [0.5, 0.6) is 0 Å². The van der Waals surface area contributed by atoms with E-state index in [2.05, 4.69) is 44.7 Å². The van der Waals surface area contributed by atoms with Crippen LogP contribution in [0.4, 0.5) is 16.3 Å². The average Bonchev–Trinajstić information content (AvgIpc) is 3.51. The van der Waals surface area contributed by atoms with Crippen molar-refractivity contribution < 1.29 is 23.1 Å². The number of aromatic nitrogens is 2. The van der Waals surface area contributed by atoms with E-state index in [-0.39, 0.29) is 23.3 Å². The quantitative estimate of drug-likeness (QED) is 0.554. The first-order valence-electron chi connectivity index (χ1n) is 13.7. The first kappa shape index (κ1) is 27.4. The molecule has 2 aromatic rings. The Morgan fingerprint density at radius 1 is 1.08 bits per heavy atom. The molecule has 4 heterocycles. The summed E-state index contributed by atoms with van der Waals surface area (Å²) in [5, 5.41) is 13.5. The normalized spacial score (nSPS) is 20.5. The highest BCUT2D eigenvalue weighted by Crippen LogP contribution is 2.41. The molecular formula is C27H38N6O5S. The van der Waals surface area contributed by atoms with Gasteiger partial charge in [0.15, 0.2) is 5.82 Å². The molecule has 2 N–H and O–H groups in total. The fraction of sp³-hybridized carbons (Fsp3) is 0.593. The van der Waals surface area contributed by atoms with Crippen molar-refractivity contribution in [1.82, 2.24) is 19.6 Å². The summed E-state index contributed by atoms with van der Waals surface area (Å²) in [6.07, 6.45) is 7.85. The molecular weight excluding hydrogens is 520 g/mol. The van der Waals surface area contributed by atoms with Gasteiger partial charge in [-0.1, -0.05) is 12.1 Å². The van der Waals surface area contributed by atoms with Gasteiger partial charge in [0.25, 0.3) is 0 Å². The number of carboxylic acid groups (broad SMARTS) is 1. The lowest BCUT2D eigenvalue weighted by atomic mass is 9.84. The minimum absolute atomic E-state index is 0.0440. The summed E-state index contributed by atoms with van der Waals surface area (Å²) >= 11 is 0. The molecule has 0 radical (unpaired) electrons. The van der Waals surface area contributed by atoms with Crippen LogP contribution in [0.3, 0.4) is 0 Å². The maximum atomic E-state index is 13.1. The van der Waals surface area contributed by atoms with Crippen LogP contribution in [0.15, 0.2) is 30.5 Å². The Hall–Kier alpha value is -3.12. The van der Waals surface area contributed by atoms with Gasteiger partial charge >= 0.3 is 12.0 Å². The molecule has 12 heteroatoms. The molecule has 0 unspecified atom stereocenters. The highest BCUT2D eigenvalue weighted by Gasteiger charge is 2.44. The number of anilines is 2. The lowest BCUT2D eigenvalue weighted by Gasteiger charge is -2.45. The Labute approximate surface area is 229 Å². The maximum absolute atomic E-state index is 13.1. The molecule has 1 aromatic carbocycles. The molecule has 0 bridgehead atoms. The van der Waals surface area contributed by atoms with Crippen molar-refractivity contribution in [3.63, 3.8) is 0 Å². The van der Waals surface area contributed by atoms with Crippen molar-refractivity contribution in [3.8, 4) is 0 Å². The summed E-state index contributed by atoms with van der Waals surface area (Å²) in [4.78, 5) is 31.2. The number of carboxylic acids is 1. The van der Waals surface area contributed by atoms with Gasteiger partial charge < -0.3 is 14.9 Å². The molecule has 3 aliphatic heterocycles. The van der Waals surface area contributed by atoms with Crippen molar-refractivity contribution in [3.05, 3.63) is 41.6 Å². The van der Waals surface area contributed by atoms with Crippen molar-refractivity contribution >= 4 is 33.5 Å². The van der Waals surface area contributed by atoms with E-state index in [0.717, 1.165) is 58.1 Å². The highest BCUT2D eigenvalue weighted by molar-refractivity contribution is 7.92. The Bertz CT molecular complexity index is 1330. The van der Waals surface area contributed by atoms with Gasteiger partial charge in [-0.15, -0.1) is 5.10 Å². The Morgan fingerprint density at radius 3 is 2.46 bits per heavy atom. The summed E-state index contributed by atoms with van der Waals surface area (Å²) in [5.41, 5.74) is 3.73. The second-order valence-electron chi connectivity index (χ2n) is 11.3. The van der Waals surface area contributed by atoms with E-state index >= 15 is 0 Å². The van der Waals surface area contributed by atoms with Crippen LogP contribution in [0.2, 0.25) is 0 Å². The van der Waals surface area contributed by atoms with Gasteiger partial charge in [-0.05, 0) is 69.2 Å². The number of nitrogens with one attached hydrogen (secondary N) is 1. The van der Waals surface area contributed by atoms with Crippen LogP contribution in [0.1, 0.15) is 49.7 Å². The predicted molar refractivity (Wildman–Crippen MR) is 148 cm³/mol. The number of likely N-dealkylation sites (tertiary alicyclic amines) is 2. The number of rotatable bonds is 6. The highest BCUT2D eigenvalue weighted by atomic mass is 32.2. The number of amides is 1. The van der Waals surface area contributed by atoms with Crippen LogP contribution in [0, 0.1) is 12.8 Å². The van der Waals surface area contributed by atoms with Crippen LogP contribution < -0.4 is 9.62 Å². The molecule has 5 rings (SSSR count). The number of nitrogens with zero attached hydrogens (tertiary/aromatic N) is 5. The topological polar surface area (TPSA) is 128 Å². The second-order valence-corrected chi connectivity index (χ2v) is 13.0. The summed E-state index contributed by atoms with van der Waals surface area (Å²) < 4.78 is 26.4. The number of aliphatic carboxylic acids is 1. The average molecular weight is 559 g/mol. The third-order valence-corrected chi connectivity index (χ3v) is 9.15. The minimum Gasteiger partial charge on any atom is -0.481 e. The number of hydrogen-bond acceptors (Lipinski definition) is 7. The van der Waals surface area contributed by atoms with Crippen molar-refractivity contribution in [2.45, 2.75) is 57.5 Å². The zero-order chi connectivity index (χ0) is 27.8. The zero-order valence-electron chi connectivity index (χ0n) is 22.7. The second kappa shape index (κ2) is 10.8. The van der Waals surface area contributed by atoms with E-state index in [1.54, 1.807) is 4.90 Å². The number of carbonyl (C=O) groups is 2. The van der Waals surface area contributed by atoms with Gasteiger partial charge in [-0.2, -0.15) is 4.68 Å². The lowest BCUT2D eigenvalue weighted by molar-refractivity contribution is -0.142. The molecule has 0 atom stereocenters. The molecule has 212 valence electrons. The van der Waals surface area contributed by atoms with E-state index in [9.17, 15) is 23.1 Å². The number of piperidine rings is 2. The van der Waals surface area contributed by atoms with Crippen molar-refractivity contribution in [1.29, 1.82) is 0 Å². The molecule has 3 fully saturated rings.